The highest BCUT2D eigenvalue weighted by Crippen LogP contribution is 2.42. The van der Waals surface area contributed by atoms with E-state index < -0.39 is 10.0 Å². The quantitative estimate of drug-likeness (QED) is 0.741. The minimum Gasteiger partial charge on any atom is -0.367 e. The van der Waals surface area contributed by atoms with Gasteiger partial charge in [0.25, 0.3) is 0 Å². The number of piperazine rings is 1. The van der Waals surface area contributed by atoms with Crippen LogP contribution in [0.3, 0.4) is 0 Å². The van der Waals surface area contributed by atoms with Crippen molar-refractivity contribution in [3.8, 4) is 0 Å². The van der Waals surface area contributed by atoms with Crippen molar-refractivity contribution in [3.05, 3.63) is 53.7 Å². The second-order valence-corrected chi connectivity index (χ2v) is 10.4. The molecule has 0 saturated carbocycles. The lowest BCUT2D eigenvalue weighted by molar-refractivity contribution is -0.0594. The van der Waals surface area contributed by atoms with E-state index >= 15 is 0 Å². The van der Waals surface area contributed by atoms with E-state index in [0.29, 0.717) is 19.7 Å². The van der Waals surface area contributed by atoms with Crippen molar-refractivity contribution in [2.45, 2.75) is 23.3 Å². The van der Waals surface area contributed by atoms with Crippen LogP contribution in [-0.4, -0.2) is 75.5 Å². The molecule has 5 rings (SSSR count). The summed E-state index contributed by atoms with van der Waals surface area (Å²) in [5, 5.41) is 0. The van der Waals surface area contributed by atoms with Gasteiger partial charge in [-0.05, 0) is 43.1 Å². The molecule has 1 spiro atoms. The van der Waals surface area contributed by atoms with Crippen LogP contribution in [0, 0.1) is 0 Å². The van der Waals surface area contributed by atoms with Crippen LogP contribution in [0.5, 0.6) is 0 Å². The molecular formula is C22H28N4O3S. The van der Waals surface area contributed by atoms with E-state index in [1.54, 1.807) is 10.4 Å². The maximum absolute atomic E-state index is 13.0. The van der Waals surface area contributed by atoms with Crippen molar-refractivity contribution >= 4 is 15.8 Å². The van der Waals surface area contributed by atoms with Gasteiger partial charge in [0.05, 0.1) is 13.2 Å². The summed E-state index contributed by atoms with van der Waals surface area (Å²) >= 11 is 0. The van der Waals surface area contributed by atoms with Gasteiger partial charge < -0.3 is 14.5 Å². The zero-order valence-corrected chi connectivity index (χ0v) is 18.1. The number of morpholine rings is 1. The Kier molecular flexibility index (Phi) is 5.05. The largest absolute Gasteiger partial charge is 0.367 e. The van der Waals surface area contributed by atoms with Crippen LogP contribution in [0.1, 0.15) is 17.5 Å². The van der Waals surface area contributed by atoms with Crippen LogP contribution in [0.25, 0.3) is 0 Å². The van der Waals surface area contributed by atoms with Gasteiger partial charge in [0, 0.05) is 38.9 Å². The van der Waals surface area contributed by atoms with E-state index in [2.05, 4.69) is 39.0 Å². The number of rotatable bonds is 3. The molecule has 1 atom stereocenters. The van der Waals surface area contributed by atoms with Crippen LogP contribution in [0.15, 0.2) is 47.5 Å². The maximum Gasteiger partial charge on any atom is 0.244 e. The Hall–Kier alpha value is -2.00. The first-order chi connectivity index (χ1) is 14.5. The molecule has 2 aliphatic heterocycles. The Bertz CT molecular complexity index is 1010. The molecule has 1 unspecified atom stereocenters. The smallest absolute Gasteiger partial charge is 0.244 e. The zero-order valence-electron chi connectivity index (χ0n) is 17.3. The maximum atomic E-state index is 13.0. The van der Waals surface area contributed by atoms with E-state index in [-0.39, 0.29) is 10.5 Å². The lowest BCUT2D eigenvalue weighted by atomic mass is 9.93. The average molecular weight is 429 g/mol. The Labute approximate surface area is 178 Å². The fourth-order valence-electron chi connectivity index (χ4n) is 4.84. The molecule has 0 N–H and O–H groups in total. The summed E-state index contributed by atoms with van der Waals surface area (Å²) < 4.78 is 33.8. The van der Waals surface area contributed by atoms with Crippen molar-refractivity contribution in [2.75, 3.05) is 57.8 Å². The monoisotopic (exact) mass is 428 g/mol. The van der Waals surface area contributed by atoms with Crippen LogP contribution in [0.2, 0.25) is 0 Å². The zero-order chi connectivity index (χ0) is 20.8. The molecule has 2 saturated heterocycles. The Morgan fingerprint density at radius 3 is 2.60 bits per heavy atom. The number of hydrogen-bond donors (Lipinski definition) is 0. The molecule has 30 heavy (non-hydrogen) atoms. The number of pyridine rings is 1. The van der Waals surface area contributed by atoms with Gasteiger partial charge in [-0.15, -0.1) is 0 Å². The summed E-state index contributed by atoms with van der Waals surface area (Å²) in [6, 6.07) is 12.0. The summed E-state index contributed by atoms with van der Waals surface area (Å²) in [5.74, 6) is 0.805. The van der Waals surface area contributed by atoms with Crippen molar-refractivity contribution in [1.29, 1.82) is 0 Å². The standard InChI is InChI=1S/C22H28N4O3S/c1-24-10-12-26(13-11-24)30(27,28)19-6-7-21(23-16-19)25-14-15-29-22(17-25)9-8-18-4-2-3-5-20(18)22/h2-7,16H,8-15,17H2,1H3. The fourth-order valence-corrected chi connectivity index (χ4v) is 6.21. The molecule has 7 nitrogen and oxygen atoms in total. The molecule has 0 radical (unpaired) electrons. The third kappa shape index (κ3) is 3.41. The first-order valence-corrected chi connectivity index (χ1v) is 12.0. The van der Waals surface area contributed by atoms with Crippen LogP contribution < -0.4 is 4.90 Å². The molecule has 1 aromatic carbocycles. The Morgan fingerprint density at radius 2 is 1.83 bits per heavy atom. The summed E-state index contributed by atoms with van der Waals surface area (Å²) in [5.41, 5.74) is 2.35. The molecule has 8 heteroatoms. The number of hydrogen-bond acceptors (Lipinski definition) is 6. The van der Waals surface area contributed by atoms with Crippen molar-refractivity contribution < 1.29 is 13.2 Å². The number of aromatic nitrogens is 1. The third-order valence-electron chi connectivity index (χ3n) is 6.64. The van der Waals surface area contributed by atoms with E-state index in [1.807, 2.05) is 13.1 Å². The van der Waals surface area contributed by atoms with Gasteiger partial charge in [-0.3, -0.25) is 0 Å². The van der Waals surface area contributed by atoms with Gasteiger partial charge in [0.1, 0.15) is 16.3 Å². The number of anilines is 1. The fraction of sp³-hybridized carbons (Fsp3) is 0.500. The van der Waals surface area contributed by atoms with E-state index in [4.69, 9.17) is 4.74 Å². The van der Waals surface area contributed by atoms with Gasteiger partial charge in [-0.1, -0.05) is 24.3 Å². The van der Waals surface area contributed by atoms with E-state index in [9.17, 15) is 8.42 Å². The van der Waals surface area contributed by atoms with E-state index in [0.717, 1.165) is 44.8 Å². The highest BCUT2D eigenvalue weighted by atomic mass is 32.2. The number of aryl methyl sites for hydroxylation is 1. The van der Waals surface area contributed by atoms with Crippen molar-refractivity contribution in [1.82, 2.24) is 14.2 Å². The minimum atomic E-state index is -3.49. The van der Waals surface area contributed by atoms with Gasteiger partial charge in [0.2, 0.25) is 10.0 Å². The Morgan fingerprint density at radius 1 is 1.03 bits per heavy atom. The second kappa shape index (κ2) is 7.60. The van der Waals surface area contributed by atoms with Gasteiger partial charge in [0.15, 0.2) is 0 Å². The van der Waals surface area contributed by atoms with Crippen LogP contribution >= 0.6 is 0 Å². The number of benzene rings is 1. The topological polar surface area (TPSA) is 66.0 Å². The summed E-state index contributed by atoms with van der Waals surface area (Å²) in [6.07, 6.45) is 3.51. The highest BCUT2D eigenvalue weighted by Gasteiger charge is 2.43. The predicted molar refractivity (Wildman–Crippen MR) is 115 cm³/mol. The number of sulfonamides is 1. The first-order valence-electron chi connectivity index (χ1n) is 10.6. The highest BCUT2D eigenvalue weighted by molar-refractivity contribution is 7.89. The van der Waals surface area contributed by atoms with E-state index in [1.165, 1.54) is 17.3 Å². The lowest BCUT2D eigenvalue weighted by Crippen LogP contribution is -2.49. The summed E-state index contributed by atoms with van der Waals surface area (Å²) in [7, 11) is -1.48. The summed E-state index contributed by atoms with van der Waals surface area (Å²) in [4.78, 5) is 9.17. The number of likely N-dealkylation sites (N-methyl/N-ethyl adjacent to an activating group) is 1. The predicted octanol–water partition coefficient (Wildman–Crippen LogP) is 1.70. The number of ether oxygens (including phenoxy) is 1. The molecule has 0 amide bonds. The minimum absolute atomic E-state index is 0.269. The van der Waals surface area contributed by atoms with Gasteiger partial charge >= 0.3 is 0 Å². The number of fused-ring (bicyclic) bond motifs is 2. The molecule has 160 valence electrons. The number of nitrogens with zero attached hydrogens (tertiary/aromatic N) is 4. The first kappa shape index (κ1) is 19.9. The third-order valence-corrected chi connectivity index (χ3v) is 8.52. The van der Waals surface area contributed by atoms with Crippen LogP contribution in [0.4, 0.5) is 5.82 Å². The molecule has 2 aromatic rings. The summed E-state index contributed by atoms with van der Waals surface area (Å²) in [6.45, 7) is 4.67. The molecule has 1 aromatic heterocycles. The lowest BCUT2D eigenvalue weighted by Gasteiger charge is -2.41. The molecule has 3 aliphatic rings. The normalized spacial score (nSPS) is 25.6. The average Bonchev–Trinajstić information content (AvgIpc) is 3.12. The van der Waals surface area contributed by atoms with Crippen molar-refractivity contribution in [3.63, 3.8) is 0 Å². The Balaban J connectivity index is 1.35. The SMILES string of the molecule is CN1CCN(S(=O)(=O)c2ccc(N3CCOC4(CCc5ccccc54)C3)nc2)CC1. The molecule has 1 aliphatic carbocycles. The van der Waals surface area contributed by atoms with Gasteiger partial charge in [-0.2, -0.15) is 4.31 Å². The molecule has 2 fully saturated rings. The van der Waals surface area contributed by atoms with Crippen LogP contribution in [-0.2, 0) is 26.8 Å². The molecule has 3 heterocycles. The van der Waals surface area contributed by atoms with Crippen molar-refractivity contribution in [2.24, 2.45) is 0 Å². The second-order valence-electron chi connectivity index (χ2n) is 8.48. The molecule has 0 bridgehead atoms. The van der Waals surface area contributed by atoms with Gasteiger partial charge in [-0.25, -0.2) is 13.4 Å². The molecular weight excluding hydrogens is 400 g/mol.